The third-order valence-corrected chi connectivity index (χ3v) is 3.08. The molecule has 0 bridgehead atoms. The molecule has 0 aliphatic heterocycles. The van der Waals surface area contributed by atoms with Crippen molar-refractivity contribution in [1.29, 1.82) is 5.41 Å². The zero-order valence-corrected chi connectivity index (χ0v) is 11.6. The number of hydrogen-bond acceptors (Lipinski definition) is 6. The predicted molar refractivity (Wildman–Crippen MR) is 72.1 cm³/mol. The first-order valence-corrected chi connectivity index (χ1v) is 6.69. The fourth-order valence-electron chi connectivity index (χ4n) is 1.34. The summed E-state index contributed by atoms with van der Waals surface area (Å²) >= 11 is 0. The van der Waals surface area contributed by atoms with Crippen molar-refractivity contribution < 1.29 is 22.7 Å². The minimum absolute atomic E-state index is 0.0566. The minimum atomic E-state index is -4.24. The van der Waals surface area contributed by atoms with E-state index >= 15 is 0 Å². The molecule has 0 spiro atoms. The Balaban J connectivity index is 3.19. The molecule has 9 nitrogen and oxygen atoms in total. The Hall–Kier alpha value is -2.49. The van der Waals surface area contributed by atoms with E-state index < -0.39 is 16.3 Å². The van der Waals surface area contributed by atoms with E-state index in [9.17, 15) is 13.2 Å². The molecule has 0 unspecified atom stereocenters. The number of benzene rings is 1. The summed E-state index contributed by atoms with van der Waals surface area (Å²) in [5.41, 5.74) is 5.42. The number of nitrogens with one attached hydrogen (secondary N) is 3. The van der Waals surface area contributed by atoms with Gasteiger partial charge < -0.3 is 15.2 Å². The summed E-state index contributed by atoms with van der Waals surface area (Å²) in [5.74, 6) is -0.215. The van der Waals surface area contributed by atoms with E-state index in [0.29, 0.717) is 0 Å². The van der Waals surface area contributed by atoms with Crippen molar-refractivity contribution in [3.8, 4) is 5.75 Å². The van der Waals surface area contributed by atoms with Gasteiger partial charge in [0.05, 0.1) is 14.2 Å². The topological polar surface area (TPSA) is 144 Å². The second kappa shape index (κ2) is 6.10. The van der Waals surface area contributed by atoms with Gasteiger partial charge in [-0.2, -0.15) is 8.42 Å². The largest absolute Gasteiger partial charge is 0.495 e. The number of methoxy groups -OCH3 is 2. The number of amides is 1. The Morgan fingerprint density at radius 1 is 1.35 bits per heavy atom. The molecule has 1 amide bonds. The van der Waals surface area contributed by atoms with Crippen LogP contribution in [0.2, 0.25) is 0 Å². The molecule has 0 aliphatic rings. The summed E-state index contributed by atoms with van der Waals surface area (Å²) in [6.45, 7) is 0. The van der Waals surface area contributed by atoms with E-state index in [4.69, 9.17) is 15.9 Å². The Kier molecular flexibility index (Phi) is 4.75. The van der Waals surface area contributed by atoms with Crippen molar-refractivity contribution in [1.82, 2.24) is 4.72 Å². The van der Waals surface area contributed by atoms with E-state index in [1.807, 2.05) is 0 Å². The molecule has 0 atom stereocenters. The van der Waals surface area contributed by atoms with E-state index in [-0.39, 0.29) is 22.8 Å². The lowest BCUT2D eigenvalue weighted by Gasteiger charge is -2.15. The van der Waals surface area contributed by atoms with Crippen LogP contribution in [-0.2, 0) is 14.9 Å². The molecule has 1 aromatic carbocycles. The van der Waals surface area contributed by atoms with Crippen molar-refractivity contribution in [2.24, 2.45) is 5.73 Å². The first kappa shape index (κ1) is 15.6. The maximum atomic E-state index is 11.7. The molecule has 5 N–H and O–H groups in total. The van der Waals surface area contributed by atoms with Crippen LogP contribution in [0.4, 0.5) is 10.5 Å². The van der Waals surface area contributed by atoms with Crippen LogP contribution in [0.25, 0.3) is 0 Å². The number of rotatable bonds is 5. The van der Waals surface area contributed by atoms with Gasteiger partial charge in [-0.25, -0.2) is 9.52 Å². The summed E-state index contributed by atoms with van der Waals surface area (Å²) in [7, 11) is -1.89. The molecule has 110 valence electrons. The average Bonchev–Trinajstić information content (AvgIpc) is 2.37. The number of hydrogen-bond donors (Lipinski definition) is 4. The smallest absolute Gasteiger partial charge is 0.422 e. The van der Waals surface area contributed by atoms with Gasteiger partial charge in [-0.05, 0) is 12.1 Å². The molecule has 0 aromatic heterocycles. The monoisotopic (exact) mass is 302 g/mol. The molecule has 20 heavy (non-hydrogen) atoms. The van der Waals surface area contributed by atoms with Crippen LogP contribution in [0.15, 0.2) is 18.2 Å². The van der Waals surface area contributed by atoms with E-state index in [2.05, 4.69) is 9.46 Å². The molecule has 0 fully saturated rings. The first-order valence-electron chi connectivity index (χ1n) is 5.20. The maximum Gasteiger partial charge on any atom is 0.422 e. The van der Waals surface area contributed by atoms with Gasteiger partial charge in [-0.3, -0.25) is 10.1 Å². The lowest BCUT2D eigenvalue weighted by Crippen LogP contribution is -2.35. The number of carbonyl (C=O) groups is 1. The van der Waals surface area contributed by atoms with E-state index in [1.54, 1.807) is 10.8 Å². The number of nitrogens with two attached hydrogens (primary N) is 1. The van der Waals surface area contributed by atoms with Gasteiger partial charge in [0, 0.05) is 5.56 Å². The Labute approximate surface area is 115 Å². The van der Waals surface area contributed by atoms with Gasteiger partial charge in [0.1, 0.15) is 17.3 Å². The zero-order chi connectivity index (χ0) is 15.3. The number of amidine groups is 1. The number of carbonyl (C=O) groups excluding carboxylic acids is 1. The second-order valence-electron chi connectivity index (χ2n) is 3.50. The lowest BCUT2D eigenvalue weighted by molar-refractivity contribution is 0.177. The molecule has 0 heterocycles. The van der Waals surface area contributed by atoms with Crippen LogP contribution >= 0.6 is 0 Å². The zero-order valence-electron chi connectivity index (χ0n) is 10.8. The lowest BCUT2D eigenvalue weighted by atomic mass is 10.1. The number of nitrogen functional groups attached to an aromatic ring is 1. The van der Waals surface area contributed by atoms with Gasteiger partial charge in [-0.15, -0.1) is 0 Å². The third-order valence-electron chi connectivity index (χ3n) is 2.18. The van der Waals surface area contributed by atoms with Crippen LogP contribution in [-0.4, -0.2) is 34.6 Å². The average molecular weight is 302 g/mol. The summed E-state index contributed by atoms with van der Waals surface area (Å²) < 4.78 is 36.3. The third kappa shape index (κ3) is 3.75. The molecular weight excluding hydrogens is 288 g/mol. The summed E-state index contributed by atoms with van der Waals surface area (Å²) in [6.07, 6.45) is -1.16. The van der Waals surface area contributed by atoms with Gasteiger partial charge >= 0.3 is 16.3 Å². The molecule has 1 rings (SSSR count). The van der Waals surface area contributed by atoms with Gasteiger partial charge in [0.25, 0.3) is 0 Å². The minimum Gasteiger partial charge on any atom is -0.495 e. The number of anilines is 1. The summed E-state index contributed by atoms with van der Waals surface area (Å²) in [6, 6.07) is 4.45. The highest BCUT2D eigenvalue weighted by molar-refractivity contribution is 7.91. The van der Waals surface area contributed by atoms with E-state index in [1.165, 1.54) is 19.2 Å². The molecule has 0 radical (unpaired) electrons. The molecule has 0 aliphatic carbocycles. The van der Waals surface area contributed by atoms with Crippen molar-refractivity contribution >= 4 is 27.8 Å². The Morgan fingerprint density at radius 2 is 2.00 bits per heavy atom. The molecular formula is C10H14N4O5S. The fraction of sp³-hybridized carbons (Fsp3) is 0.200. The first-order chi connectivity index (χ1) is 9.30. The highest BCUT2D eigenvalue weighted by atomic mass is 32.2. The predicted octanol–water partition coefficient (Wildman–Crippen LogP) is -0.00803. The standard InChI is InChI=1S/C10H14N4O5S/c1-18-7-5-3-4-6(9(11)12)8(7)13-20(16,17)14-10(15)19-2/h3-5,13H,1-2H3,(H3,11,12)(H,14,15). The fourth-order valence-corrected chi connectivity index (χ4v) is 2.18. The van der Waals surface area contributed by atoms with Crippen molar-refractivity contribution in [2.75, 3.05) is 18.9 Å². The number of ether oxygens (including phenoxy) is 2. The quantitative estimate of drug-likeness (QED) is 0.445. The highest BCUT2D eigenvalue weighted by Gasteiger charge is 2.20. The summed E-state index contributed by atoms with van der Waals surface area (Å²) in [4.78, 5) is 10.9. The van der Waals surface area contributed by atoms with Crippen LogP contribution in [0, 0.1) is 5.41 Å². The molecule has 0 saturated heterocycles. The van der Waals surface area contributed by atoms with Crippen LogP contribution in [0.1, 0.15) is 5.56 Å². The van der Waals surface area contributed by atoms with Crippen LogP contribution in [0.3, 0.4) is 0 Å². The van der Waals surface area contributed by atoms with Gasteiger partial charge in [-0.1, -0.05) is 6.07 Å². The molecule has 10 heteroatoms. The normalized spacial score (nSPS) is 10.5. The Morgan fingerprint density at radius 3 is 2.50 bits per heavy atom. The SMILES string of the molecule is COC(=O)NS(=O)(=O)Nc1c(OC)cccc1C(=N)N. The molecule has 0 saturated carbocycles. The number of para-hydroxylation sites is 1. The van der Waals surface area contributed by atoms with Crippen molar-refractivity contribution in [3.63, 3.8) is 0 Å². The second-order valence-corrected chi connectivity index (χ2v) is 4.91. The summed E-state index contributed by atoms with van der Waals surface area (Å²) in [5, 5.41) is 7.41. The van der Waals surface area contributed by atoms with Gasteiger partial charge in [0.2, 0.25) is 0 Å². The van der Waals surface area contributed by atoms with Crippen molar-refractivity contribution in [3.05, 3.63) is 23.8 Å². The van der Waals surface area contributed by atoms with Crippen LogP contribution < -0.4 is 19.9 Å². The van der Waals surface area contributed by atoms with Crippen LogP contribution in [0.5, 0.6) is 5.75 Å². The molecule has 1 aromatic rings. The Bertz CT molecular complexity index is 629. The maximum absolute atomic E-state index is 11.7. The highest BCUT2D eigenvalue weighted by Crippen LogP contribution is 2.28. The van der Waals surface area contributed by atoms with E-state index in [0.717, 1.165) is 7.11 Å². The van der Waals surface area contributed by atoms with Gasteiger partial charge in [0.15, 0.2) is 0 Å². The van der Waals surface area contributed by atoms with Crippen molar-refractivity contribution in [2.45, 2.75) is 0 Å².